The van der Waals surface area contributed by atoms with Gasteiger partial charge in [-0.25, -0.2) is 4.79 Å². The summed E-state index contributed by atoms with van der Waals surface area (Å²) >= 11 is 0. The fraction of sp³-hybridized carbons (Fsp3) is 0.667. The first-order valence-corrected chi connectivity index (χ1v) is 5.58. The SMILES string of the molecule is COC(=O)N1C[C@@H]2C=C(C)[C@H]1[C@H](C(C)=O)C2. The minimum absolute atomic E-state index is 0.0529. The number of piperidine rings is 1. The van der Waals surface area contributed by atoms with Crippen molar-refractivity contribution >= 4 is 11.9 Å². The molecule has 3 aliphatic rings. The van der Waals surface area contributed by atoms with E-state index in [9.17, 15) is 9.59 Å². The average Bonchev–Trinajstić information content (AvgIpc) is 2.27. The van der Waals surface area contributed by atoms with Crippen molar-refractivity contribution in [2.75, 3.05) is 13.7 Å². The zero-order valence-electron chi connectivity index (χ0n) is 9.90. The minimum Gasteiger partial charge on any atom is -0.453 e. The van der Waals surface area contributed by atoms with E-state index in [4.69, 9.17) is 4.74 Å². The van der Waals surface area contributed by atoms with Gasteiger partial charge in [0.2, 0.25) is 0 Å². The molecule has 0 aromatic rings. The number of ketones is 1. The molecule has 1 aliphatic carbocycles. The first kappa shape index (κ1) is 11.2. The molecule has 3 atom stereocenters. The summed E-state index contributed by atoms with van der Waals surface area (Å²) in [4.78, 5) is 24.9. The van der Waals surface area contributed by atoms with Gasteiger partial charge in [-0.05, 0) is 26.2 Å². The highest BCUT2D eigenvalue weighted by atomic mass is 16.5. The number of hydrogen-bond acceptors (Lipinski definition) is 3. The number of rotatable bonds is 1. The maximum atomic E-state index is 11.6. The Bertz CT molecular complexity index is 361. The fourth-order valence-electron chi connectivity index (χ4n) is 2.96. The van der Waals surface area contributed by atoms with Gasteiger partial charge in [-0.15, -0.1) is 0 Å². The molecular formula is C12H17NO3. The second-order valence-corrected chi connectivity index (χ2v) is 4.69. The zero-order valence-corrected chi connectivity index (χ0v) is 9.90. The Kier molecular flexibility index (Phi) is 2.74. The standard InChI is InChI=1S/C12H17NO3/c1-7-4-9-5-10(8(2)14)11(7)13(6-9)12(15)16-3/h4,9-11H,5-6H2,1-3H3/t9-,10+,11+/m1/s1. The highest BCUT2D eigenvalue weighted by Crippen LogP contribution is 2.39. The quantitative estimate of drug-likeness (QED) is 0.634. The molecule has 2 bridgehead atoms. The van der Waals surface area contributed by atoms with Crippen LogP contribution in [-0.4, -0.2) is 36.5 Å². The third kappa shape index (κ3) is 1.62. The molecule has 1 saturated heterocycles. The van der Waals surface area contributed by atoms with Gasteiger partial charge in [0.1, 0.15) is 5.78 Å². The van der Waals surface area contributed by atoms with Crippen molar-refractivity contribution in [1.82, 2.24) is 4.90 Å². The smallest absolute Gasteiger partial charge is 0.410 e. The van der Waals surface area contributed by atoms with Gasteiger partial charge >= 0.3 is 6.09 Å². The number of Topliss-reactive ketones (excluding diaryl/α,β-unsaturated/α-hetero) is 1. The third-order valence-electron chi connectivity index (χ3n) is 3.60. The number of methoxy groups -OCH3 is 1. The van der Waals surface area contributed by atoms with E-state index in [-0.39, 0.29) is 23.8 Å². The van der Waals surface area contributed by atoms with Gasteiger partial charge in [-0.1, -0.05) is 11.6 Å². The monoisotopic (exact) mass is 223 g/mol. The van der Waals surface area contributed by atoms with Crippen molar-refractivity contribution in [1.29, 1.82) is 0 Å². The first-order chi connectivity index (χ1) is 7.54. The van der Waals surface area contributed by atoms with Crippen molar-refractivity contribution in [3.8, 4) is 0 Å². The van der Waals surface area contributed by atoms with E-state index in [1.54, 1.807) is 11.8 Å². The Hall–Kier alpha value is -1.32. The second-order valence-electron chi connectivity index (χ2n) is 4.69. The van der Waals surface area contributed by atoms with Gasteiger partial charge in [0, 0.05) is 12.5 Å². The summed E-state index contributed by atoms with van der Waals surface area (Å²) in [5.41, 5.74) is 1.12. The highest BCUT2D eigenvalue weighted by Gasteiger charge is 2.44. The molecule has 1 fully saturated rings. The van der Waals surface area contributed by atoms with Crippen LogP contribution in [0.25, 0.3) is 0 Å². The van der Waals surface area contributed by atoms with E-state index in [1.807, 2.05) is 6.92 Å². The van der Waals surface area contributed by atoms with Crippen LogP contribution in [0.2, 0.25) is 0 Å². The second kappa shape index (κ2) is 3.92. The van der Waals surface area contributed by atoms with Crippen LogP contribution < -0.4 is 0 Å². The normalized spacial score (nSPS) is 32.3. The number of fused-ring (bicyclic) bond motifs is 2. The Labute approximate surface area is 95.2 Å². The molecule has 3 rings (SSSR count). The van der Waals surface area contributed by atoms with E-state index >= 15 is 0 Å². The number of ether oxygens (including phenoxy) is 1. The summed E-state index contributed by atoms with van der Waals surface area (Å²) < 4.78 is 4.77. The third-order valence-corrected chi connectivity index (χ3v) is 3.60. The van der Waals surface area contributed by atoms with Crippen LogP contribution in [-0.2, 0) is 9.53 Å². The molecule has 1 amide bonds. The summed E-state index contributed by atoms with van der Waals surface area (Å²) in [6.45, 7) is 4.27. The van der Waals surface area contributed by atoms with Crippen LogP contribution in [0, 0.1) is 11.8 Å². The fourth-order valence-corrected chi connectivity index (χ4v) is 2.96. The average molecular weight is 223 g/mol. The molecule has 2 heterocycles. The van der Waals surface area contributed by atoms with Gasteiger partial charge in [-0.3, -0.25) is 4.79 Å². The number of carbonyl (C=O) groups excluding carboxylic acids is 2. The van der Waals surface area contributed by atoms with E-state index in [0.717, 1.165) is 12.0 Å². The molecule has 4 nitrogen and oxygen atoms in total. The Balaban J connectivity index is 2.30. The summed E-state index contributed by atoms with van der Waals surface area (Å²) in [5, 5.41) is 0. The van der Waals surface area contributed by atoms with Crippen molar-refractivity contribution in [3.63, 3.8) is 0 Å². The lowest BCUT2D eigenvalue weighted by molar-refractivity contribution is -0.124. The number of carbonyl (C=O) groups is 2. The molecule has 4 heteroatoms. The van der Waals surface area contributed by atoms with Crippen molar-refractivity contribution in [3.05, 3.63) is 11.6 Å². The first-order valence-electron chi connectivity index (χ1n) is 5.58. The van der Waals surface area contributed by atoms with Crippen LogP contribution in [0.4, 0.5) is 4.79 Å². The number of amides is 1. The molecule has 0 N–H and O–H groups in total. The Morgan fingerprint density at radius 1 is 1.50 bits per heavy atom. The van der Waals surface area contributed by atoms with Crippen LogP contribution in [0.5, 0.6) is 0 Å². The summed E-state index contributed by atoms with van der Waals surface area (Å²) in [7, 11) is 1.38. The molecular weight excluding hydrogens is 206 g/mol. The highest BCUT2D eigenvalue weighted by molar-refractivity contribution is 5.81. The van der Waals surface area contributed by atoms with Crippen LogP contribution >= 0.6 is 0 Å². The predicted octanol–water partition coefficient (Wildman–Crippen LogP) is 1.61. The van der Waals surface area contributed by atoms with E-state index in [2.05, 4.69) is 6.08 Å². The molecule has 2 aliphatic heterocycles. The lowest BCUT2D eigenvalue weighted by Gasteiger charge is -2.47. The van der Waals surface area contributed by atoms with Gasteiger partial charge in [0.15, 0.2) is 0 Å². The maximum absolute atomic E-state index is 11.6. The summed E-state index contributed by atoms with van der Waals surface area (Å²) in [6, 6.07) is -0.0880. The molecule has 0 saturated carbocycles. The molecule has 88 valence electrons. The van der Waals surface area contributed by atoms with Gasteiger partial charge < -0.3 is 9.64 Å². The molecule has 16 heavy (non-hydrogen) atoms. The Morgan fingerprint density at radius 2 is 2.19 bits per heavy atom. The molecule has 0 aromatic carbocycles. The van der Waals surface area contributed by atoms with E-state index < -0.39 is 0 Å². The van der Waals surface area contributed by atoms with Crippen LogP contribution in [0.3, 0.4) is 0 Å². The van der Waals surface area contributed by atoms with E-state index in [1.165, 1.54) is 7.11 Å². The van der Waals surface area contributed by atoms with Gasteiger partial charge in [0.05, 0.1) is 13.2 Å². The molecule has 0 unspecified atom stereocenters. The molecule has 0 aromatic heterocycles. The lowest BCUT2D eigenvalue weighted by Crippen LogP contribution is -2.56. The minimum atomic E-state index is -0.326. The van der Waals surface area contributed by atoms with Crippen LogP contribution in [0.15, 0.2) is 11.6 Å². The molecule has 0 radical (unpaired) electrons. The van der Waals surface area contributed by atoms with E-state index in [0.29, 0.717) is 12.5 Å². The molecule has 0 spiro atoms. The van der Waals surface area contributed by atoms with Gasteiger partial charge in [-0.2, -0.15) is 0 Å². The summed E-state index contributed by atoms with van der Waals surface area (Å²) in [6.07, 6.45) is 2.72. The van der Waals surface area contributed by atoms with Crippen molar-refractivity contribution < 1.29 is 14.3 Å². The van der Waals surface area contributed by atoms with Crippen molar-refractivity contribution in [2.45, 2.75) is 26.3 Å². The topological polar surface area (TPSA) is 46.6 Å². The predicted molar refractivity (Wildman–Crippen MR) is 58.9 cm³/mol. The van der Waals surface area contributed by atoms with Gasteiger partial charge in [0.25, 0.3) is 0 Å². The Morgan fingerprint density at radius 3 is 2.69 bits per heavy atom. The van der Waals surface area contributed by atoms with Crippen LogP contribution in [0.1, 0.15) is 20.3 Å². The lowest BCUT2D eigenvalue weighted by atomic mass is 9.72. The maximum Gasteiger partial charge on any atom is 0.410 e. The number of nitrogens with zero attached hydrogens (tertiary/aromatic N) is 1. The number of hydrogen-bond donors (Lipinski definition) is 0. The largest absolute Gasteiger partial charge is 0.453 e. The summed E-state index contributed by atoms with van der Waals surface area (Å²) in [5.74, 6) is 0.414. The van der Waals surface area contributed by atoms with Crippen molar-refractivity contribution in [2.24, 2.45) is 11.8 Å². The zero-order chi connectivity index (χ0) is 11.9.